The molecule has 1 aliphatic carbocycles. The second-order valence-electron chi connectivity index (χ2n) is 7.50. The highest BCUT2D eigenvalue weighted by Gasteiger charge is 2.15. The van der Waals surface area contributed by atoms with Crippen LogP contribution in [0.1, 0.15) is 52.7 Å². The number of hydrogen-bond acceptors (Lipinski definition) is 4. The molecule has 0 spiro atoms. The van der Waals surface area contributed by atoms with E-state index in [4.69, 9.17) is 4.74 Å². The predicted molar refractivity (Wildman–Crippen MR) is 111 cm³/mol. The van der Waals surface area contributed by atoms with Crippen LogP contribution in [0.2, 0.25) is 0 Å². The zero-order valence-electron chi connectivity index (χ0n) is 16.9. The van der Waals surface area contributed by atoms with Crippen molar-refractivity contribution in [2.75, 3.05) is 13.2 Å². The molecule has 0 aromatic heterocycles. The SMILES string of the molecule is O=C(COC(=O)CCC(=O)c1ccc2c(c1)CCCC2)NCCc1ccc(F)cc1. The van der Waals surface area contributed by atoms with Gasteiger partial charge < -0.3 is 10.1 Å². The Balaban J connectivity index is 1.33. The predicted octanol–water partition coefficient (Wildman–Crippen LogP) is 3.57. The van der Waals surface area contributed by atoms with Crippen LogP contribution in [0.4, 0.5) is 4.39 Å². The Hall–Kier alpha value is -3.02. The third-order valence-electron chi connectivity index (χ3n) is 5.24. The molecule has 158 valence electrons. The average molecular weight is 411 g/mol. The molecule has 6 heteroatoms. The van der Waals surface area contributed by atoms with Crippen LogP contribution in [0.3, 0.4) is 0 Å². The number of Topliss-reactive ketones (excluding diaryl/α,β-unsaturated/α-hetero) is 1. The number of nitrogens with one attached hydrogen (secondary N) is 1. The van der Waals surface area contributed by atoms with Crippen LogP contribution in [-0.2, 0) is 33.6 Å². The van der Waals surface area contributed by atoms with Gasteiger partial charge in [-0.3, -0.25) is 14.4 Å². The summed E-state index contributed by atoms with van der Waals surface area (Å²) in [6, 6.07) is 11.8. The molecule has 0 bridgehead atoms. The van der Waals surface area contributed by atoms with Crippen molar-refractivity contribution in [1.82, 2.24) is 5.32 Å². The van der Waals surface area contributed by atoms with Gasteiger partial charge in [0.25, 0.3) is 5.91 Å². The molecule has 0 saturated heterocycles. The molecule has 0 aliphatic heterocycles. The summed E-state index contributed by atoms with van der Waals surface area (Å²) in [5.41, 5.74) is 4.06. The van der Waals surface area contributed by atoms with E-state index in [0.717, 1.165) is 24.8 Å². The number of hydrogen-bond donors (Lipinski definition) is 1. The van der Waals surface area contributed by atoms with Gasteiger partial charge in [0.2, 0.25) is 0 Å². The van der Waals surface area contributed by atoms with Crippen LogP contribution in [-0.4, -0.2) is 30.8 Å². The number of aryl methyl sites for hydroxylation is 2. The van der Waals surface area contributed by atoms with Gasteiger partial charge in [-0.15, -0.1) is 0 Å². The standard InChI is InChI=1S/C24H26FNO4/c25-21-9-5-17(6-10-21)13-14-26-23(28)16-30-24(29)12-11-22(27)20-8-7-18-3-1-2-4-19(18)15-20/h5-10,15H,1-4,11-14,16H2,(H,26,28). The molecule has 30 heavy (non-hydrogen) atoms. The highest BCUT2D eigenvalue weighted by molar-refractivity contribution is 5.97. The zero-order chi connectivity index (χ0) is 21.3. The van der Waals surface area contributed by atoms with Gasteiger partial charge in [0.1, 0.15) is 5.82 Å². The molecule has 1 aliphatic rings. The minimum absolute atomic E-state index is 0.0568. The first kappa shape index (κ1) is 21.7. The number of carbonyl (C=O) groups is 3. The van der Waals surface area contributed by atoms with E-state index in [1.807, 2.05) is 18.2 Å². The summed E-state index contributed by atoms with van der Waals surface area (Å²) in [5, 5.41) is 2.64. The van der Waals surface area contributed by atoms with Crippen molar-refractivity contribution >= 4 is 17.7 Å². The lowest BCUT2D eigenvalue weighted by Crippen LogP contribution is -2.30. The molecule has 2 aromatic carbocycles. The Kier molecular flexibility index (Phi) is 7.71. The van der Waals surface area contributed by atoms with Gasteiger partial charge in [0, 0.05) is 18.5 Å². The Labute approximate surface area is 175 Å². The topological polar surface area (TPSA) is 72.5 Å². The summed E-state index contributed by atoms with van der Waals surface area (Å²) in [5.74, 6) is -1.38. The van der Waals surface area contributed by atoms with E-state index < -0.39 is 11.9 Å². The molecule has 0 unspecified atom stereocenters. The fourth-order valence-corrected chi connectivity index (χ4v) is 3.53. The average Bonchev–Trinajstić information content (AvgIpc) is 2.77. The molecule has 0 atom stereocenters. The lowest BCUT2D eigenvalue weighted by Gasteiger charge is -2.16. The Bertz CT molecular complexity index is 908. The monoisotopic (exact) mass is 411 g/mol. The lowest BCUT2D eigenvalue weighted by atomic mass is 9.89. The van der Waals surface area contributed by atoms with E-state index in [1.54, 1.807) is 12.1 Å². The van der Waals surface area contributed by atoms with E-state index in [-0.39, 0.29) is 31.0 Å². The van der Waals surface area contributed by atoms with E-state index in [0.29, 0.717) is 18.5 Å². The van der Waals surface area contributed by atoms with Gasteiger partial charge in [-0.25, -0.2) is 4.39 Å². The highest BCUT2D eigenvalue weighted by atomic mass is 19.1. The molecule has 0 radical (unpaired) electrons. The maximum Gasteiger partial charge on any atom is 0.306 e. The number of esters is 1. The van der Waals surface area contributed by atoms with E-state index >= 15 is 0 Å². The molecule has 0 heterocycles. The number of ketones is 1. The zero-order valence-corrected chi connectivity index (χ0v) is 16.9. The Morgan fingerprint density at radius 3 is 2.43 bits per heavy atom. The summed E-state index contributed by atoms with van der Waals surface area (Å²) in [6.45, 7) is -0.0197. The quantitative estimate of drug-likeness (QED) is 0.506. The second kappa shape index (κ2) is 10.7. The molecular weight excluding hydrogens is 385 g/mol. The first-order chi connectivity index (χ1) is 14.5. The fourth-order valence-electron chi connectivity index (χ4n) is 3.53. The molecule has 3 rings (SSSR count). The largest absolute Gasteiger partial charge is 0.456 e. The van der Waals surface area contributed by atoms with E-state index in [9.17, 15) is 18.8 Å². The molecule has 5 nitrogen and oxygen atoms in total. The van der Waals surface area contributed by atoms with Crippen molar-refractivity contribution in [3.8, 4) is 0 Å². The lowest BCUT2D eigenvalue weighted by molar-refractivity contribution is -0.148. The van der Waals surface area contributed by atoms with Crippen LogP contribution in [0, 0.1) is 5.82 Å². The van der Waals surface area contributed by atoms with Crippen molar-refractivity contribution in [3.63, 3.8) is 0 Å². The molecular formula is C24H26FNO4. The summed E-state index contributed by atoms with van der Waals surface area (Å²) in [4.78, 5) is 36.0. The smallest absolute Gasteiger partial charge is 0.306 e. The third-order valence-corrected chi connectivity index (χ3v) is 5.24. The van der Waals surface area contributed by atoms with E-state index in [2.05, 4.69) is 5.32 Å². The first-order valence-electron chi connectivity index (χ1n) is 10.3. The summed E-state index contributed by atoms with van der Waals surface area (Å²) >= 11 is 0. The van der Waals surface area contributed by atoms with Crippen LogP contribution in [0.25, 0.3) is 0 Å². The summed E-state index contributed by atoms with van der Waals surface area (Å²) in [6.07, 6.45) is 4.93. The minimum Gasteiger partial charge on any atom is -0.456 e. The van der Waals surface area contributed by atoms with Gasteiger partial charge >= 0.3 is 5.97 Å². The fraction of sp³-hybridized carbons (Fsp3) is 0.375. The number of fused-ring (bicyclic) bond motifs is 1. The van der Waals surface area contributed by atoms with Crippen LogP contribution >= 0.6 is 0 Å². The third kappa shape index (κ3) is 6.51. The number of carbonyl (C=O) groups excluding carboxylic acids is 3. The van der Waals surface area contributed by atoms with Gasteiger partial charge in [-0.2, -0.15) is 0 Å². The molecule has 0 fully saturated rings. The number of ether oxygens (including phenoxy) is 1. The van der Waals surface area contributed by atoms with Crippen LogP contribution < -0.4 is 5.32 Å². The number of amides is 1. The van der Waals surface area contributed by atoms with Crippen LogP contribution in [0.15, 0.2) is 42.5 Å². The molecule has 0 saturated carbocycles. The van der Waals surface area contributed by atoms with Gasteiger partial charge in [-0.05, 0) is 67.0 Å². The van der Waals surface area contributed by atoms with Crippen LogP contribution in [0.5, 0.6) is 0 Å². The van der Waals surface area contributed by atoms with Gasteiger partial charge in [0.05, 0.1) is 6.42 Å². The van der Waals surface area contributed by atoms with Crippen molar-refractivity contribution in [2.24, 2.45) is 0 Å². The number of halogens is 1. The first-order valence-corrected chi connectivity index (χ1v) is 10.3. The van der Waals surface area contributed by atoms with Gasteiger partial charge in [-0.1, -0.05) is 24.3 Å². The van der Waals surface area contributed by atoms with Crippen molar-refractivity contribution < 1.29 is 23.5 Å². The summed E-state index contributed by atoms with van der Waals surface area (Å²) < 4.78 is 17.8. The highest BCUT2D eigenvalue weighted by Crippen LogP contribution is 2.23. The normalized spacial score (nSPS) is 12.7. The molecule has 2 aromatic rings. The maximum absolute atomic E-state index is 12.9. The van der Waals surface area contributed by atoms with Crippen molar-refractivity contribution in [1.29, 1.82) is 0 Å². The second-order valence-corrected chi connectivity index (χ2v) is 7.50. The van der Waals surface area contributed by atoms with E-state index in [1.165, 1.54) is 29.7 Å². The Morgan fingerprint density at radius 1 is 0.933 bits per heavy atom. The minimum atomic E-state index is -0.574. The van der Waals surface area contributed by atoms with Crippen molar-refractivity contribution in [2.45, 2.75) is 44.9 Å². The number of benzene rings is 2. The molecule has 1 amide bonds. The maximum atomic E-state index is 12.9. The molecule has 1 N–H and O–H groups in total. The van der Waals surface area contributed by atoms with Crippen molar-refractivity contribution in [3.05, 3.63) is 70.5 Å². The summed E-state index contributed by atoms with van der Waals surface area (Å²) in [7, 11) is 0. The van der Waals surface area contributed by atoms with Gasteiger partial charge in [0.15, 0.2) is 12.4 Å². The Morgan fingerprint density at radius 2 is 1.67 bits per heavy atom. The number of rotatable bonds is 9.